The van der Waals surface area contributed by atoms with E-state index in [1.54, 1.807) is 6.07 Å². The summed E-state index contributed by atoms with van der Waals surface area (Å²) in [6.45, 7) is 0. The molecule has 0 aromatic heterocycles. The maximum Gasteiger partial charge on any atom is 0.228 e. The molecule has 2 aromatic rings. The second-order valence-electron chi connectivity index (χ2n) is 4.66. The zero-order valence-corrected chi connectivity index (χ0v) is 12.9. The van der Waals surface area contributed by atoms with Gasteiger partial charge in [0.15, 0.2) is 0 Å². The van der Waals surface area contributed by atoms with Crippen LogP contribution in [0.1, 0.15) is 11.1 Å². The van der Waals surface area contributed by atoms with Crippen LogP contribution in [0.4, 0.5) is 5.69 Å². The van der Waals surface area contributed by atoms with Crippen molar-refractivity contribution in [3.63, 3.8) is 0 Å². The van der Waals surface area contributed by atoms with Gasteiger partial charge in [-0.15, -0.1) is 0 Å². The molecule has 1 amide bonds. The standard InChI is InChI=1S/C16H15ClN2OS/c17-14-4-2-1-3-12(14)10-16(20)19-13-7-5-11(6-8-13)9-15(18)21/h1-8H,9-10H2,(H2,18,21)(H,19,20). The van der Waals surface area contributed by atoms with E-state index in [4.69, 9.17) is 29.6 Å². The van der Waals surface area contributed by atoms with E-state index < -0.39 is 0 Å². The van der Waals surface area contributed by atoms with E-state index >= 15 is 0 Å². The van der Waals surface area contributed by atoms with Gasteiger partial charge in [0.05, 0.1) is 11.4 Å². The molecule has 21 heavy (non-hydrogen) atoms. The third-order valence-electron chi connectivity index (χ3n) is 2.92. The van der Waals surface area contributed by atoms with Crippen molar-refractivity contribution in [2.24, 2.45) is 5.73 Å². The molecule has 0 bridgehead atoms. The summed E-state index contributed by atoms with van der Waals surface area (Å²) >= 11 is 10.9. The Hall–Kier alpha value is -1.91. The molecule has 5 heteroatoms. The number of carbonyl (C=O) groups is 1. The van der Waals surface area contributed by atoms with Gasteiger partial charge in [0.2, 0.25) is 5.91 Å². The molecule has 0 saturated carbocycles. The number of carbonyl (C=O) groups excluding carboxylic acids is 1. The van der Waals surface area contributed by atoms with Crippen LogP contribution in [-0.4, -0.2) is 10.9 Å². The smallest absolute Gasteiger partial charge is 0.228 e. The van der Waals surface area contributed by atoms with Crippen LogP contribution in [0.5, 0.6) is 0 Å². The second kappa shape index (κ2) is 7.20. The summed E-state index contributed by atoms with van der Waals surface area (Å²) in [4.78, 5) is 12.4. The summed E-state index contributed by atoms with van der Waals surface area (Å²) in [5.41, 5.74) is 8.05. The molecule has 0 aliphatic heterocycles. The molecule has 0 aliphatic carbocycles. The van der Waals surface area contributed by atoms with E-state index in [-0.39, 0.29) is 12.3 Å². The quantitative estimate of drug-likeness (QED) is 0.831. The summed E-state index contributed by atoms with van der Waals surface area (Å²) < 4.78 is 0. The van der Waals surface area contributed by atoms with Crippen molar-refractivity contribution >= 4 is 40.4 Å². The predicted molar refractivity (Wildman–Crippen MR) is 90.7 cm³/mol. The highest BCUT2D eigenvalue weighted by Gasteiger charge is 2.07. The van der Waals surface area contributed by atoms with Crippen LogP contribution < -0.4 is 11.1 Å². The zero-order valence-electron chi connectivity index (χ0n) is 11.3. The third kappa shape index (κ3) is 4.85. The van der Waals surface area contributed by atoms with Crippen molar-refractivity contribution in [3.8, 4) is 0 Å². The molecular weight excluding hydrogens is 304 g/mol. The van der Waals surface area contributed by atoms with Gasteiger partial charge in [-0.25, -0.2) is 0 Å². The Morgan fingerprint density at radius 2 is 1.76 bits per heavy atom. The van der Waals surface area contributed by atoms with Gasteiger partial charge in [0.1, 0.15) is 0 Å². The highest BCUT2D eigenvalue weighted by atomic mass is 35.5. The van der Waals surface area contributed by atoms with Crippen molar-refractivity contribution in [2.45, 2.75) is 12.8 Å². The molecule has 0 spiro atoms. The van der Waals surface area contributed by atoms with Crippen molar-refractivity contribution in [1.82, 2.24) is 0 Å². The lowest BCUT2D eigenvalue weighted by Gasteiger charge is -2.07. The first-order valence-corrected chi connectivity index (χ1v) is 7.24. The minimum Gasteiger partial charge on any atom is -0.393 e. The summed E-state index contributed by atoms with van der Waals surface area (Å²) in [6.07, 6.45) is 0.803. The largest absolute Gasteiger partial charge is 0.393 e. The Kier molecular flexibility index (Phi) is 5.31. The monoisotopic (exact) mass is 318 g/mol. The summed E-state index contributed by atoms with van der Waals surface area (Å²) in [5, 5.41) is 3.43. The molecule has 3 nitrogen and oxygen atoms in total. The number of hydrogen-bond donors (Lipinski definition) is 2. The molecule has 0 saturated heterocycles. The number of thiocarbonyl (C=S) groups is 1. The van der Waals surface area contributed by atoms with E-state index in [1.807, 2.05) is 42.5 Å². The SMILES string of the molecule is NC(=S)Cc1ccc(NC(=O)Cc2ccccc2Cl)cc1. The van der Waals surface area contributed by atoms with Gasteiger partial charge in [0.25, 0.3) is 0 Å². The molecule has 0 atom stereocenters. The fraction of sp³-hybridized carbons (Fsp3) is 0.125. The van der Waals surface area contributed by atoms with Crippen LogP contribution in [0.3, 0.4) is 0 Å². The molecule has 0 aliphatic rings. The number of hydrogen-bond acceptors (Lipinski definition) is 2. The molecule has 0 unspecified atom stereocenters. The van der Waals surface area contributed by atoms with Crippen molar-refractivity contribution in [1.29, 1.82) is 0 Å². The normalized spacial score (nSPS) is 10.1. The van der Waals surface area contributed by atoms with Crippen LogP contribution >= 0.6 is 23.8 Å². The Bertz CT molecular complexity index is 656. The number of benzene rings is 2. The number of halogens is 1. The molecule has 0 heterocycles. The number of amides is 1. The van der Waals surface area contributed by atoms with Gasteiger partial charge < -0.3 is 11.1 Å². The molecular formula is C16H15ClN2OS. The van der Waals surface area contributed by atoms with E-state index in [9.17, 15) is 4.79 Å². The minimum atomic E-state index is -0.106. The average Bonchev–Trinajstić information content (AvgIpc) is 2.43. The Morgan fingerprint density at radius 1 is 1.10 bits per heavy atom. The molecule has 0 fully saturated rings. The topological polar surface area (TPSA) is 55.1 Å². The first-order chi connectivity index (χ1) is 10.0. The lowest BCUT2D eigenvalue weighted by molar-refractivity contribution is -0.115. The molecule has 2 rings (SSSR count). The van der Waals surface area contributed by atoms with E-state index in [1.165, 1.54) is 0 Å². The molecule has 3 N–H and O–H groups in total. The fourth-order valence-corrected chi connectivity index (χ4v) is 2.30. The van der Waals surface area contributed by atoms with Gasteiger partial charge in [0, 0.05) is 17.1 Å². The van der Waals surface area contributed by atoms with E-state index in [0.717, 1.165) is 16.8 Å². The first-order valence-electron chi connectivity index (χ1n) is 6.45. The number of nitrogens with one attached hydrogen (secondary N) is 1. The van der Waals surface area contributed by atoms with Crippen molar-refractivity contribution < 1.29 is 4.79 Å². The summed E-state index contributed by atoms with van der Waals surface area (Å²) in [7, 11) is 0. The molecule has 0 radical (unpaired) electrons. The van der Waals surface area contributed by atoms with Crippen molar-refractivity contribution in [2.75, 3.05) is 5.32 Å². The van der Waals surface area contributed by atoms with E-state index in [2.05, 4.69) is 5.32 Å². The summed E-state index contributed by atoms with van der Waals surface area (Å²) in [6, 6.07) is 14.8. The lowest BCUT2D eigenvalue weighted by atomic mass is 10.1. The highest BCUT2D eigenvalue weighted by molar-refractivity contribution is 7.80. The molecule has 2 aromatic carbocycles. The van der Waals surface area contributed by atoms with Crippen LogP contribution in [0.15, 0.2) is 48.5 Å². The second-order valence-corrected chi connectivity index (χ2v) is 5.59. The van der Waals surface area contributed by atoms with Crippen LogP contribution in [0.25, 0.3) is 0 Å². The maximum absolute atomic E-state index is 12.0. The van der Waals surface area contributed by atoms with Crippen LogP contribution in [0, 0.1) is 0 Å². The predicted octanol–water partition coefficient (Wildman–Crippen LogP) is 3.35. The first kappa shape index (κ1) is 15.5. The number of anilines is 1. The number of nitrogens with two attached hydrogens (primary N) is 1. The Morgan fingerprint density at radius 3 is 2.38 bits per heavy atom. The van der Waals surface area contributed by atoms with Gasteiger partial charge in [-0.1, -0.05) is 54.2 Å². The van der Waals surface area contributed by atoms with Gasteiger partial charge in [-0.05, 0) is 29.3 Å². The van der Waals surface area contributed by atoms with E-state index in [0.29, 0.717) is 16.4 Å². The van der Waals surface area contributed by atoms with Crippen LogP contribution in [0.2, 0.25) is 5.02 Å². The maximum atomic E-state index is 12.0. The molecule has 108 valence electrons. The minimum absolute atomic E-state index is 0.106. The van der Waals surface area contributed by atoms with Gasteiger partial charge in [-0.3, -0.25) is 4.79 Å². The average molecular weight is 319 g/mol. The fourth-order valence-electron chi connectivity index (χ4n) is 1.93. The van der Waals surface area contributed by atoms with Crippen molar-refractivity contribution in [3.05, 3.63) is 64.7 Å². The highest BCUT2D eigenvalue weighted by Crippen LogP contribution is 2.16. The Labute approximate surface area is 134 Å². The lowest BCUT2D eigenvalue weighted by Crippen LogP contribution is -2.15. The number of rotatable bonds is 5. The van der Waals surface area contributed by atoms with Gasteiger partial charge in [-0.2, -0.15) is 0 Å². The van der Waals surface area contributed by atoms with Gasteiger partial charge >= 0.3 is 0 Å². The van der Waals surface area contributed by atoms with Crippen LogP contribution in [-0.2, 0) is 17.6 Å². The zero-order chi connectivity index (χ0) is 15.2. The summed E-state index contributed by atoms with van der Waals surface area (Å²) in [5.74, 6) is -0.106. The third-order valence-corrected chi connectivity index (χ3v) is 3.44. The Balaban J connectivity index is 1.96.